The van der Waals surface area contributed by atoms with E-state index in [1.165, 1.54) is 0 Å². The van der Waals surface area contributed by atoms with E-state index < -0.39 is 12.1 Å². The van der Waals surface area contributed by atoms with Crippen LogP contribution in [0, 0.1) is 5.92 Å². The Morgan fingerprint density at radius 3 is 2.43 bits per heavy atom. The molecule has 2 unspecified atom stereocenters. The van der Waals surface area contributed by atoms with Gasteiger partial charge in [-0.1, -0.05) is 44.2 Å². The van der Waals surface area contributed by atoms with Crippen LogP contribution < -0.4 is 11.1 Å². The predicted octanol–water partition coefficient (Wildman–Crippen LogP) is 1.98. The van der Waals surface area contributed by atoms with Gasteiger partial charge in [-0.2, -0.15) is 0 Å². The van der Waals surface area contributed by atoms with Crippen molar-refractivity contribution < 1.29 is 19.2 Å². The van der Waals surface area contributed by atoms with Crippen LogP contribution in [0.4, 0.5) is 0 Å². The van der Waals surface area contributed by atoms with Crippen LogP contribution in [-0.2, 0) is 16.1 Å². The lowest BCUT2D eigenvalue weighted by atomic mass is 10.0. The highest BCUT2D eigenvalue weighted by atomic mass is 16.2. The fraction of sp³-hybridized carbons (Fsp3) is 0.407. The third-order valence-corrected chi connectivity index (χ3v) is 6.72. The van der Waals surface area contributed by atoms with Gasteiger partial charge < -0.3 is 20.9 Å². The minimum absolute atomic E-state index is 0.0140. The summed E-state index contributed by atoms with van der Waals surface area (Å²) in [6.07, 6.45) is 0.970. The van der Waals surface area contributed by atoms with Gasteiger partial charge in [0, 0.05) is 24.2 Å². The molecule has 2 fully saturated rings. The van der Waals surface area contributed by atoms with Crippen molar-refractivity contribution in [2.24, 2.45) is 11.7 Å². The number of nitrogens with two attached hydrogens (primary N) is 1. The lowest BCUT2D eigenvalue weighted by Gasteiger charge is -2.29. The first kappa shape index (κ1) is 24.6. The fourth-order valence-corrected chi connectivity index (χ4v) is 5.06. The molecule has 0 aromatic heterocycles. The largest absolute Gasteiger partial charge is 0.340 e. The molecule has 3 N–H and O–H groups in total. The monoisotopic (exact) mass is 476 g/mol. The first-order chi connectivity index (χ1) is 16.8. The maximum Gasteiger partial charge on any atom is 0.254 e. The number of carbonyl (C=O) groups is 4. The lowest BCUT2D eigenvalue weighted by Crippen LogP contribution is -2.53. The summed E-state index contributed by atoms with van der Waals surface area (Å²) >= 11 is 0. The van der Waals surface area contributed by atoms with Gasteiger partial charge in [-0.25, -0.2) is 0 Å². The smallest absolute Gasteiger partial charge is 0.254 e. The van der Waals surface area contributed by atoms with Gasteiger partial charge in [0.05, 0.1) is 12.6 Å². The van der Waals surface area contributed by atoms with E-state index in [1.54, 1.807) is 52.3 Å². The second-order valence-corrected chi connectivity index (χ2v) is 9.66. The average molecular weight is 477 g/mol. The van der Waals surface area contributed by atoms with Crippen molar-refractivity contribution in [2.45, 2.75) is 51.4 Å². The van der Waals surface area contributed by atoms with Crippen molar-refractivity contribution in [1.82, 2.24) is 15.1 Å². The van der Waals surface area contributed by atoms with E-state index in [1.807, 2.05) is 26.0 Å². The maximum absolute atomic E-state index is 13.6. The number of hydrogen-bond acceptors (Lipinski definition) is 5. The minimum atomic E-state index is -0.769. The molecule has 3 atom stereocenters. The Labute approximate surface area is 205 Å². The van der Waals surface area contributed by atoms with Crippen molar-refractivity contribution in [3.05, 3.63) is 71.3 Å². The van der Waals surface area contributed by atoms with Gasteiger partial charge in [0.15, 0.2) is 5.78 Å². The number of likely N-dealkylation sites (tertiary alicyclic amines) is 2. The van der Waals surface area contributed by atoms with Gasteiger partial charge >= 0.3 is 0 Å². The summed E-state index contributed by atoms with van der Waals surface area (Å²) in [5.41, 5.74) is 7.48. The Bertz CT molecular complexity index is 1120. The Kier molecular flexibility index (Phi) is 7.31. The Balaban J connectivity index is 1.51. The van der Waals surface area contributed by atoms with Gasteiger partial charge in [-0.3, -0.25) is 19.2 Å². The number of rotatable bonds is 7. The molecule has 8 nitrogen and oxygen atoms in total. The SMILES string of the molecule is CC(C)C[C@H](NC(=O)c1cccc(CN)c1)C(=O)N1CCC2C1C(=O)CN2C(=O)c1ccccc1. The average Bonchev–Trinajstić information content (AvgIpc) is 3.44. The molecule has 2 heterocycles. The third-order valence-electron chi connectivity index (χ3n) is 6.72. The number of fused-ring (bicyclic) bond motifs is 1. The molecule has 0 radical (unpaired) electrons. The Morgan fingerprint density at radius 1 is 1.03 bits per heavy atom. The van der Waals surface area contributed by atoms with Crippen molar-refractivity contribution >= 4 is 23.5 Å². The van der Waals surface area contributed by atoms with Gasteiger partial charge in [-0.15, -0.1) is 0 Å². The van der Waals surface area contributed by atoms with Crippen LogP contribution in [0.3, 0.4) is 0 Å². The van der Waals surface area contributed by atoms with Crippen LogP contribution in [0.2, 0.25) is 0 Å². The molecule has 35 heavy (non-hydrogen) atoms. The molecule has 2 saturated heterocycles. The number of nitrogens with zero attached hydrogens (tertiary/aromatic N) is 2. The highest BCUT2D eigenvalue weighted by Gasteiger charge is 2.52. The number of amides is 3. The molecule has 2 aromatic rings. The molecule has 0 saturated carbocycles. The van der Waals surface area contributed by atoms with Gasteiger partial charge in [-0.05, 0) is 48.6 Å². The molecule has 2 aliphatic rings. The van der Waals surface area contributed by atoms with Crippen LogP contribution in [-0.4, -0.2) is 64.5 Å². The number of ketones is 1. The van der Waals surface area contributed by atoms with Crippen LogP contribution >= 0.6 is 0 Å². The highest BCUT2D eigenvalue weighted by Crippen LogP contribution is 2.31. The topological polar surface area (TPSA) is 113 Å². The molecule has 184 valence electrons. The van der Waals surface area contributed by atoms with Crippen LogP contribution in [0.25, 0.3) is 0 Å². The van der Waals surface area contributed by atoms with E-state index in [4.69, 9.17) is 5.73 Å². The Morgan fingerprint density at radius 2 is 1.74 bits per heavy atom. The fourth-order valence-electron chi connectivity index (χ4n) is 5.06. The predicted molar refractivity (Wildman–Crippen MR) is 131 cm³/mol. The molecule has 0 aliphatic carbocycles. The van der Waals surface area contributed by atoms with E-state index in [0.29, 0.717) is 37.1 Å². The van der Waals surface area contributed by atoms with Gasteiger partial charge in [0.1, 0.15) is 12.1 Å². The van der Waals surface area contributed by atoms with Crippen molar-refractivity contribution in [2.75, 3.05) is 13.1 Å². The number of Topliss-reactive ketones (excluding diaryl/α,β-unsaturated/α-hetero) is 1. The highest BCUT2D eigenvalue weighted by molar-refractivity contribution is 6.03. The molecule has 2 aliphatic heterocycles. The van der Waals surface area contributed by atoms with Crippen LogP contribution in [0.15, 0.2) is 54.6 Å². The summed E-state index contributed by atoms with van der Waals surface area (Å²) < 4.78 is 0. The first-order valence-corrected chi connectivity index (χ1v) is 12.1. The summed E-state index contributed by atoms with van der Waals surface area (Å²) in [4.78, 5) is 55.8. The molecular weight excluding hydrogens is 444 g/mol. The van der Waals surface area contributed by atoms with E-state index in [-0.39, 0.29) is 42.0 Å². The van der Waals surface area contributed by atoms with Crippen LogP contribution in [0.5, 0.6) is 0 Å². The second kappa shape index (κ2) is 10.4. The molecule has 8 heteroatoms. The van der Waals surface area contributed by atoms with E-state index >= 15 is 0 Å². The van der Waals surface area contributed by atoms with Crippen molar-refractivity contribution in [3.8, 4) is 0 Å². The van der Waals surface area contributed by atoms with Crippen LogP contribution in [0.1, 0.15) is 53.0 Å². The molecular formula is C27H32N4O4. The molecule has 0 bridgehead atoms. The number of nitrogens with one attached hydrogen (secondary N) is 1. The maximum atomic E-state index is 13.6. The number of hydrogen-bond donors (Lipinski definition) is 2. The summed E-state index contributed by atoms with van der Waals surface area (Å²) in [6.45, 7) is 4.63. The number of carbonyl (C=O) groups excluding carboxylic acids is 4. The van der Waals surface area contributed by atoms with Crippen molar-refractivity contribution in [3.63, 3.8) is 0 Å². The summed E-state index contributed by atoms with van der Waals surface area (Å²) in [5, 5.41) is 2.88. The zero-order valence-corrected chi connectivity index (χ0v) is 20.1. The summed E-state index contributed by atoms with van der Waals surface area (Å²) in [7, 11) is 0. The Hall–Kier alpha value is -3.52. The van der Waals surface area contributed by atoms with E-state index in [2.05, 4.69) is 5.32 Å². The second-order valence-electron chi connectivity index (χ2n) is 9.66. The molecule has 2 aromatic carbocycles. The third kappa shape index (κ3) is 5.12. The minimum Gasteiger partial charge on any atom is -0.340 e. The van der Waals surface area contributed by atoms with Crippen molar-refractivity contribution in [1.29, 1.82) is 0 Å². The molecule has 4 rings (SSSR count). The molecule has 0 spiro atoms. The van der Waals surface area contributed by atoms with Gasteiger partial charge in [0.2, 0.25) is 5.91 Å². The summed E-state index contributed by atoms with van der Waals surface area (Å²) in [6, 6.07) is 14.1. The first-order valence-electron chi connectivity index (χ1n) is 12.1. The number of benzene rings is 2. The summed E-state index contributed by atoms with van der Waals surface area (Å²) in [5.74, 6) is -0.831. The lowest BCUT2D eigenvalue weighted by molar-refractivity contribution is -0.138. The van der Waals surface area contributed by atoms with E-state index in [9.17, 15) is 19.2 Å². The van der Waals surface area contributed by atoms with Gasteiger partial charge in [0.25, 0.3) is 11.8 Å². The zero-order valence-electron chi connectivity index (χ0n) is 20.1. The standard InChI is InChI=1S/C27H32N4O4/c1-17(2)13-21(29-25(33)20-10-6-7-18(14-20)15-28)27(35)30-12-11-22-24(30)23(32)16-31(22)26(34)19-8-4-3-5-9-19/h3-10,14,17,21-22,24H,11-13,15-16,28H2,1-2H3,(H,29,33)/t21-,22?,24?/m0/s1. The van der Waals surface area contributed by atoms with E-state index in [0.717, 1.165) is 5.56 Å². The molecule has 3 amide bonds. The normalized spacial score (nSPS) is 20.2. The quantitative estimate of drug-likeness (QED) is 0.635. The zero-order chi connectivity index (χ0) is 25.1.